The Morgan fingerprint density at radius 2 is 2.27 bits per heavy atom. The molecular formula is C9H14N4O2. The Labute approximate surface area is 87.1 Å². The van der Waals surface area contributed by atoms with Gasteiger partial charge in [-0.15, -0.1) is 0 Å². The fourth-order valence-corrected chi connectivity index (χ4v) is 1.69. The van der Waals surface area contributed by atoms with Gasteiger partial charge in [0.05, 0.1) is 6.10 Å². The molecule has 0 unspecified atom stereocenters. The molecule has 0 aromatic carbocycles. The maximum Gasteiger partial charge on any atom is 0.271 e. The Bertz CT molecular complexity index is 355. The normalized spacial score (nSPS) is 18.1. The van der Waals surface area contributed by atoms with Crippen LogP contribution in [0.3, 0.4) is 0 Å². The number of H-pyrrole nitrogens is 1. The van der Waals surface area contributed by atoms with E-state index in [4.69, 9.17) is 5.73 Å². The Hall–Kier alpha value is -1.56. The van der Waals surface area contributed by atoms with Gasteiger partial charge in [0.1, 0.15) is 11.5 Å². The first-order valence-electron chi connectivity index (χ1n) is 4.95. The molecule has 1 aliphatic heterocycles. The predicted molar refractivity (Wildman–Crippen MR) is 54.1 cm³/mol. The summed E-state index contributed by atoms with van der Waals surface area (Å²) < 4.78 is 0. The number of aromatic amines is 1. The van der Waals surface area contributed by atoms with Crippen molar-refractivity contribution in [2.75, 3.05) is 18.8 Å². The zero-order chi connectivity index (χ0) is 10.8. The molecule has 1 saturated heterocycles. The Kier molecular flexibility index (Phi) is 2.59. The van der Waals surface area contributed by atoms with Crippen molar-refractivity contribution in [2.45, 2.75) is 18.9 Å². The zero-order valence-corrected chi connectivity index (χ0v) is 8.31. The molecule has 0 bridgehead atoms. The van der Waals surface area contributed by atoms with Crippen molar-refractivity contribution in [3.63, 3.8) is 0 Å². The lowest BCUT2D eigenvalue weighted by molar-refractivity contribution is 0.0541. The van der Waals surface area contributed by atoms with E-state index in [1.807, 2.05) is 0 Å². The van der Waals surface area contributed by atoms with E-state index < -0.39 is 0 Å². The summed E-state index contributed by atoms with van der Waals surface area (Å²) >= 11 is 0. The van der Waals surface area contributed by atoms with Gasteiger partial charge >= 0.3 is 0 Å². The number of piperidine rings is 1. The molecule has 82 valence electrons. The zero-order valence-electron chi connectivity index (χ0n) is 8.31. The van der Waals surface area contributed by atoms with Crippen LogP contribution >= 0.6 is 0 Å². The average molecular weight is 210 g/mol. The number of amides is 1. The van der Waals surface area contributed by atoms with E-state index in [0.29, 0.717) is 37.4 Å². The van der Waals surface area contributed by atoms with Gasteiger partial charge in [-0.2, -0.15) is 5.10 Å². The van der Waals surface area contributed by atoms with Crippen LogP contribution in [0.15, 0.2) is 6.07 Å². The lowest BCUT2D eigenvalue weighted by Gasteiger charge is -2.29. The number of anilines is 1. The summed E-state index contributed by atoms with van der Waals surface area (Å²) in [6.07, 6.45) is 0.992. The number of carbonyl (C=O) groups is 1. The van der Waals surface area contributed by atoms with E-state index in [0.717, 1.165) is 0 Å². The van der Waals surface area contributed by atoms with Crippen molar-refractivity contribution in [3.05, 3.63) is 11.8 Å². The largest absolute Gasteiger partial charge is 0.393 e. The molecule has 0 saturated carbocycles. The first kappa shape index (κ1) is 9.97. The van der Waals surface area contributed by atoms with Crippen molar-refractivity contribution in [1.29, 1.82) is 0 Å². The van der Waals surface area contributed by atoms with Gasteiger partial charge in [0.25, 0.3) is 5.91 Å². The van der Waals surface area contributed by atoms with E-state index in [1.54, 1.807) is 4.90 Å². The van der Waals surface area contributed by atoms with Crippen molar-refractivity contribution >= 4 is 11.7 Å². The minimum absolute atomic E-state index is 0.105. The molecule has 2 heterocycles. The van der Waals surface area contributed by atoms with Crippen LogP contribution in [0.2, 0.25) is 0 Å². The standard InChI is InChI=1S/C9H14N4O2/c10-8-5-7(11-12-8)9(15)13-3-1-6(14)2-4-13/h5-6,14H,1-4H2,(H3,10,11,12). The molecule has 1 amide bonds. The molecule has 2 rings (SSSR count). The van der Waals surface area contributed by atoms with Gasteiger partial charge in [-0.05, 0) is 12.8 Å². The van der Waals surface area contributed by atoms with Gasteiger partial charge in [-0.1, -0.05) is 0 Å². The number of nitrogen functional groups attached to an aromatic ring is 1. The summed E-state index contributed by atoms with van der Waals surface area (Å²) in [5, 5.41) is 15.6. The summed E-state index contributed by atoms with van der Waals surface area (Å²) in [6, 6.07) is 1.52. The molecule has 6 heteroatoms. The number of rotatable bonds is 1. The Morgan fingerprint density at radius 3 is 2.80 bits per heavy atom. The summed E-state index contributed by atoms with van der Waals surface area (Å²) in [4.78, 5) is 13.5. The highest BCUT2D eigenvalue weighted by Crippen LogP contribution is 2.13. The Morgan fingerprint density at radius 1 is 1.60 bits per heavy atom. The minimum atomic E-state index is -0.277. The molecule has 1 aliphatic rings. The molecule has 6 nitrogen and oxygen atoms in total. The monoisotopic (exact) mass is 210 g/mol. The molecule has 4 N–H and O–H groups in total. The van der Waals surface area contributed by atoms with Gasteiger partial charge in [-0.25, -0.2) is 0 Å². The van der Waals surface area contributed by atoms with Crippen molar-refractivity contribution in [1.82, 2.24) is 15.1 Å². The lowest BCUT2D eigenvalue weighted by atomic mass is 10.1. The minimum Gasteiger partial charge on any atom is -0.393 e. The third kappa shape index (κ3) is 2.10. The number of aromatic nitrogens is 2. The number of hydrogen-bond acceptors (Lipinski definition) is 4. The quantitative estimate of drug-likeness (QED) is 0.587. The highest BCUT2D eigenvalue weighted by atomic mass is 16.3. The first-order chi connectivity index (χ1) is 7.16. The van der Waals surface area contributed by atoms with Crippen LogP contribution in [0.4, 0.5) is 5.82 Å². The van der Waals surface area contributed by atoms with Crippen molar-refractivity contribution < 1.29 is 9.90 Å². The van der Waals surface area contributed by atoms with E-state index in [9.17, 15) is 9.90 Å². The maximum atomic E-state index is 11.8. The molecule has 1 aromatic heterocycles. The van der Waals surface area contributed by atoms with Crippen LogP contribution in [0.25, 0.3) is 0 Å². The molecule has 0 spiro atoms. The molecular weight excluding hydrogens is 196 g/mol. The second kappa shape index (κ2) is 3.90. The number of aliphatic hydroxyl groups is 1. The highest BCUT2D eigenvalue weighted by Gasteiger charge is 2.23. The number of nitrogens with zero attached hydrogens (tertiary/aromatic N) is 2. The number of carbonyl (C=O) groups excluding carboxylic acids is 1. The summed E-state index contributed by atoms with van der Waals surface area (Å²) in [5.74, 6) is 0.210. The third-order valence-corrected chi connectivity index (χ3v) is 2.58. The fraction of sp³-hybridized carbons (Fsp3) is 0.556. The number of nitrogens with one attached hydrogen (secondary N) is 1. The summed E-state index contributed by atoms with van der Waals surface area (Å²) in [6.45, 7) is 1.16. The number of nitrogens with two attached hydrogens (primary N) is 1. The first-order valence-corrected chi connectivity index (χ1v) is 4.95. The molecule has 15 heavy (non-hydrogen) atoms. The SMILES string of the molecule is Nc1cc(C(=O)N2CCC(O)CC2)[nH]n1. The van der Waals surface area contributed by atoms with Gasteiger partial charge in [-0.3, -0.25) is 9.89 Å². The van der Waals surface area contributed by atoms with Crippen molar-refractivity contribution in [3.8, 4) is 0 Å². The highest BCUT2D eigenvalue weighted by molar-refractivity contribution is 5.93. The second-order valence-corrected chi connectivity index (χ2v) is 3.73. The fourth-order valence-electron chi connectivity index (χ4n) is 1.69. The van der Waals surface area contributed by atoms with Crippen LogP contribution in [-0.4, -0.2) is 45.3 Å². The topological polar surface area (TPSA) is 95.2 Å². The molecule has 1 fully saturated rings. The number of hydrogen-bond donors (Lipinski definition) is 3. The van der Waals surface area contributed by atoms with Crippen LogP contribution in [-0.2, 0) is 0 Å². The van der Waals surface area contributed by atoms with Gasteiger partial charge in [0.15, 0.2) is 0 Å². The van der Waals surface area contributed by atoms with Gasteiger partial charge in [0, 0.05) is 19.2 Å². The average Bonchev–Trinajstić information content (AvgIpc) is 2.65. The van der Waals surface area contributed by atoms with Crippen LogP contribution in [0, 0.1) is 0 Å². The maximum absolute atomic E-state index is 11.8. The van der Waals surface area contributed by atoms with E-state index >= 15 is 0 Å². The summed E-state index contributed by atoms with van der Waals surface area (Å²) in [5.41, 5.74) is 5.82. The van der Waals surface area contributed by atoms with Gasteiger partial charge < -0.3 is 15.7 Å². The third-order valence-electron chi connectivity index (χ3n) is 2.58. The van der Waals surface area contributed by atoms with Crippen LogP contribution in [0.5, 0.6) is 0 Å². The number of likely N-dealkylation sites (tertiary alicyclic amines) is 1. The molecule has 1 aromatic rings. The van der Waals surface area contributed by atoms with E-state index in [-0.39, 0.29) is 12.0 Å². The summed E-state index contributed by atoms with van der Waals surface area (Å²) in [7, 11) is 0. The van der Waals surface area contributed by atoms with Crippen molar-refractivity contribution in [2.24, 2.45) is 0 Å². The van der Waals surface area contributed by atoms with E-state index in [2.05, 4.69) is 10.2 Å². The second-order valence-electron chi connectivity index (χ2n) is 3.73. The molecule has 0 atom stereocenters. The number of aliphatic hydroxyl groups excluding tert-OH is 1. The molecule has 0 radical (unpaired) electrons. The van der Waals surface area contributed by atoms with Crippen LogP contribution in [0.1, 0.15) is 23.3 Å². The predicted octanol–water partition coefficient (Wildman–Crippen LogP) is -0.411. The van der Waals surface area contributed by atoms with E-state index in [1.165, 1.54) is 6.07 Å². The lowest BCUT2D eigenvalue weighted by Crippen LogP contribution is -2.40. The van der Waals surface area contributed by atoms with Gasteiger partial charge in [0.2, 0.25) is 0 Å². The molecule has 0 aliphatic carbocycles. The smallest absolute Gasteiger partial charge is 0.271 e. The Balaban J connectivity index is 2.02. The van der Waals surface area contributed by atoms with Crippen LogP contribution < -0.4 is 5.73 Å².